The predicted octanol–water partition coefficient (Wildman–Crippen LogP) is 4.73. The average molecular weight is 257 g/mol. The van der Waals surface area contributed by atoms with Crippen molar-refractivity contribution in [1.29, 1.82) is 0 Å². The zero-order chi connectivity index (χ0) is 11.8. The molecule has 0 amide bonds. The SMILES string of the molecule is Cc1ccc2ccccc2c1-n1ccsc1=S. The Labute approximate surface area is 109 Å². The second-order valence-electron chi connectivity index (χ2n) is 3.99. The van der Waals surface area contributed by atoms with E-state index in [0.717, 1.165) is 3.95 Å². The third-order valence-corrected chi connectivity index (χ3v) is 4.06. The molecule has 0 atom stereocenters. The molecule has 3 aromatic rings. The van der Waals surface area contributed by atoms with Gasteiger partial charge >= 0.3 is 0 Å². The Morgan fingerprint density at radius 3 is 2.71 bits per heavy atom. The number of hydrogen-bond donors (Lipinski definition) is 0. The summed E-state index contributed by atoms with van der Waals surface area (Å²) >= 11 is 6.97. The molecule has 0 radical (unpaired) electrons. The molecule has 17 heavy (non-hydrogen) atoms. The fourth-order valence-corrected chi connectivity index (χ4v) is 3.00. The van der Waals surface area contributed by atoms with Gasteiger partial charge in [0.25, 0.3) is 0 Å². The van der Waals surface area contributed by atoms with Gasteiger partial charge < -0.3 is 0 Å². The highest BCUT2D eigenvalue weighted by molar-refractivity contribution is 7.73. The lowest BCUT2D eigenvalue weighted by Crippen LogP contribution is -1.96. The van der Waals surface area contributed by atoms with Gasteiger partial charge in [-0.3, -0.25) is 4.57 Å². The van der Waals surface area contributed by atoms with E-state index in [1.54, 1.807) is 11.3 Å². The van der Waals surface area contributed by atoms with Crippen LogP contribution in [-0.4, -0.2) is 4.57 Å². The zero-order valence-corrected chi connectivity index (χ0v) is 11.0. The van der Waals surface area contributed by atoms with E-state index in [4.69, 9.17) is 12.2 Å². The maximum Gasteiger partial charge on any atom is 0.165 e. The van der Waals surface area contributed by atoms with Crippen molar-refractivity contribution in [2.75, 3.05) is 0 Å². The first-order chi connectivity index (χ1) is 8.27. The Morgan fingerprint density at radius 2 is 1.94 bits per heavy atom. The van der Waals surface area contributed by atoms with Crippen LogP contribution in [0.1, 0.15) is 5.56 Å². The zero-order valence-electron chi connectivity index (χ0n) is 9.38. The Bertz CT molecular complexity index is 737. The van der Waals surface area contributed by atoms with E-state index in [0.29, 0.717) is 0 Å². The number of fused-ring (bicyclic) bond motifs is 1. The van der Waals surface area contributed by atoms with E-state index in [-0.39, 0.29) is 0 Å². The van der Waals surface area contributed by atoms with Gasteiger partial charge in [-0.1, -0.05) is 36.4 Å². The van der Waals surface area contributed by atoms with Crippen molar-refractivity contribution in [3.8, 4) is 5.69 Å². The van der Waals surface area contributed by atoms with Gasteiger partial charge in [0.05, 0.1) is 5.69 Å². The minimum atomic E-state index is 0.893. The van der Waals surface area contributed by atoms with Crippen LogP contribution in [0.15, 0.2) is 48.0 Å². The molecule has 0 aliphatic rings. The van der Waals surface area contributed by atoms with Crippen LogP contribution < -0.4 is 0 Å². The molecule has 2 aromatic carbocycles. The van der Waals surface area contributed by atoms with Crippen molar-refractivity contribution in [3.05, 3.63) is 57.5 Å². The van der Waals surface area contributed by atoms with E-state index in [1.165, 1.54) is 22.0 Å². The van der Waals surface area contributed by atoms with Crippen molar-refractivity contribution in [1.82, 2.24) is 4.57 Å². The molecule has 3 rings (SSSR count). The first-order valence-corrected chi connectivity index (χ1v) is 6.71. The lowest BCUT2D eigenvalue weighted by molar-refractivity contribution is 1.07. The molecule has 0 bridgehead atoms. The molecular formula is C14H11NS2. The van der Waals surface area contributed by atoms with Gasteiger partial charge in [0, 0.05) is 17.0 Å². The average Bonchev–Trinajstić information content (AvgIpc) is 2.75. The molecule has 0 aliphatic carbocycles. The number of benzene rings is 2. The monoisotopic (exact) mass is 257 g/mol. The van der Waals surface area contributed by atoms with Crippen LogP contribution in [0.4, 0.5) is 0 Å². The summed E-state index contributed by atoms with van der Waals surface area (Å²) in [5.74, 6) is 0. The van der Waals surface area contributed by atoms with Crippen LogP contribution in [0.25, 0.3) is 16.5 Å². The van der Waals surface area contributed by atoms with Crippen molar-refractivity contribution in [2.45, 2.75) is 6.92 Å². The van der Waals surface area contributed by atoms with Crippen LogP contribution in [0, 0.1) is 10.9 Å². The van der Waals surface area contributed by atoms with E-state index >= 15 is 0 Å². The van der Waals surface area contributed by atoms with Crippen molar-refractivity contribution < 1.29 is 0 Å². The lowest BCUT2D eigenvalue weighted by Gasteiger charge is -2.11. The minimum absolute atomic E-state index is 0.893. The molecular weight excluding hydrogens is 246 g/mol. The molecule has 0 spiro atoms. The minimum Gasteiger partial charge on any atom is -0.298 e. The number of rotatable bonds is 1. The smallest absolute Gasteiger partial charge is 0.165 e. The van der Waals surface area contributed by atoms with Gasteiger partial charge in [0.1, 0.15) is 0 Å². The summed E-state index contributed by atoms with van der Waals surface area (Å²) in [6, 6.07) is 12.7. The summed E-state index contributed by atoms with van der Waals surface area (Å²) in [5, 5.41) is 4.53. The molecule has 0 saturated heterocycles. The molecule has 0 fully saturated rings. The fourth-order valence-electron chi connectivity index (χ4n) is 2.12. The summed E-state index contributed by atoms with van der Waals surface area (Å²) in [5.41, 5.74) is 2.45. The predicted molar refractivity (Wildman–Crippen MR) is 76.7 cm³/mol. The Balaban J connectivity index is 2.47. The molecule has 1 heterocycles. The van der Waals surface area contributed by atoms with Crippen molar-refractivity contribution in [2.24, 2.45) is 0 Å². The molecule has 1 aromatic heterocycles. The highest BCUT2D eigenvalue weighted by atomic mass is 32.1. The molecule has 84 valence electrons. The van der Waals surface area contributed by atoms with Crippen LogP contribution in [-0.2, 0) is 0 Å². The normalized spacial score (nSPS) is 10.9. The number of hydrogen-bond acceptors (Lipinski definition) is 2. The summed E-state index contributed by atoms with van der Waals surface area (Å²) in [7, 11) is 0. The standard InChI is InChI=1S/C14H11NS2/c1-10-6-7-11-4-2-3-5-12(11)13(10)15-8-9-17-14(15)16/h2-9H,1H3. The molecule has 1 nitrogen and oxygen atoms in total. The summed E-state index contributed by atoms with van der Waals surface area (Å²) < 4.78 is 2.99. The third kappa shape index (κ3) is 1.72. The number of aromatic nitrogens is 1. The quantitative estimate of drug-likeness (QED) is 0.570. The van der Waals surface area contributed by atoms with Crippen LogP contribution >= 0.6 is 23.6 Å². The maximum atomic E-state index is 5.37. The van der Waals surface area contributed by atoms with E-state index < -0.39 is 0 Å². The summed E-state index contributed by atoms with van der Waals surface area (Å²) in [4.78, 5) is 0. The van der Waals surface area contributed by atoms with Gasteiger partial charge in [0.2, 0.25) is 0 Å². The third-order valence-electron chi connectivity index (χ3n) is 2.92. The van der Waals surface area contributed by atoms with Crippen molar-refractivity contribution >= 4 is 34.3 Å². The molecule has 0 saturated carbocycles. The summed E-state index contributed by atoms with van der Waals surface area (Å²) in [6.07, 6.45) is 2.04. The highest BCUT2D eigenvalue weighted by Gasteiger charge is 2.07. The van der Waals surface area contributed by atoms with Crippen LogP contribution in [0.3, 0.4) is 0 Å². The molecule has 0 N–H and O–H groups in total. The topological polar surface area (TPSA) is 4.93 Å². The van der Waals surface area contributed by atoms with Gasteiger partial charge in [-0.25, -0.2) is 0 Å². The fraction of sp³-hybridized carbons (Fsp3) is 0.0714. The van der Waals surface area contributed by atoms with Gasteiger partial charge in [-0.05, 0) is 30.1 Å². The first-order valence-electron chi connectivity index (χ1n) is 5.42. The second-order valence-corrected chi connectivity index (χ2v) is 5.53. The number of nitrogens with zero attached hydrogens (tertiary/aromatic N) is 1. The highest BCUT2D eigenvalue weighted by Crippen LogP contribution is 2.27. The maximum absolute atomic E-state index is 5.37. The van der Waals surface area contributed by atoms with Crippen LogP contribution in [0.5, 0.6) is 0 Å². The van der Waals surface area contributed by atoms with Gasteiger partial charge in [-0.2, -0.15) is 0 Å². The molecule has 0 unspecified atom stereocenters. The first kappa shape index (κ1) is 10.7. The Hall–Kier alpha value is -1.45. The molecule has 3 heteroatoms. The molecule has 0 aliphatic heterocycles. The lowest BCUT2D eigenvalue weighted by atomic mass is 10.0. The van der Waals surface area contributed by atoms with E-state index in [9.17, 15) is 0 Å². The second kappa shape index (κ2) is 4.09. The largest absolute Gasteiger partial charge is 0.298 e. The van der Waals surface area contributed by atoms with E-state index in [1.807, 2.05) is 11.6 Å². The Kier molecular flexibility index (Phi) is 2.57. The van der Waals surface area contributed by atoms with Crippen molar-refractivity contribution in [3.63, 3.8) is 0 Å². The number of aryl methyl sites for hydroxylation is 1. The van der Waals surface area contributed by atoms with Gasteiger partial charge in [-0.15, -0.1) is 11.3 Å². The number of thiazole rings is 1. The Morgan fingerprint density at radius 1 is 1.12 bits per heavy atom. The van der Waals surface area contributed by atoms with Gasteiger partial charge in [0.15, 0.2) is 3.95 Å². The van der Waals surface area contributed by atoms with E-state index in [2.05, 4.69) is 47.9 Å². The van der Waals surface area contributed by atoms with Crippen LogP contribution in [0.2, 0.25) is 0 Å². The summed E-state index contributed by atoms with van der Waals surface area (Å²) in [6.45, 7) is 2.13.